The van der Waals surface area contributed by atoms with Gasteiger partial charge in [0.1, 0.15) is 11.4 Å². The second-order valence-electron chi connectivity index (χ2n) is 5.75. The predicted molar refractivity (Wildman–Crippen MR) is 97.6 cm³/mol. The first-order valence-corrected chi connectivity index (χ1v) is 8.25. The Bertz CT molecular complexity index is 836. The first kappa shape index (κ1) is 16.8. The van der Waals surface area contributed by atoms with Crippen LogP contribution < -0.4 is 10.1 Å². The van der Waals surface area contributed by atoms with Gasteiger partial charge in [0.25, 0.3) is 5.91 Å². The molecule has 1 aromatic heterocycles. The number of aromatic nitrogens is 2. The number of hydrogen-bond acceptors (Lipinski definition) is 3. The molecule has 3 rings (SSSR count). The fourth-order valence-electron chi connectivity index (χ4n) is 2.52. The lowest BCUT2D eigenvalue weighted by atomic mass is 10.1. The van der Waals surface area contributed by atoms with Crippen LogP contribution in [0, 0.1) is 0 Å². The Kier molecular flexibility index (Phi) is 5.14. The molecule has 0 spiro atoms. The molecule has 5 nitrogen and oxygen atoms in total. The van der Waals surface area contributed by atoms with Crippen LogP contribution in [0.1, 0.15) is 28.5 Å². The SMILES string of the molecule is CCc1ccc(-c2cc(C(=O)NCc3ccc(OC)cc3)[nH]n2)cc1. The van der Waals surface area contributed by atoms with Crippen LogP contribution in [-0.4, -0.2) is 23.2 Å². The number of carbonyl (C=O) groups is 1. The van der Waals surface area contributed by atoms with Gasteiger partial charge in [-0.3, -0.25) is 9.89 Å². The number of carbonyl (C=O) groups excluding carboxylic acids is 1. The Labute approximate surface area is 147 Å². The van der Waals surface area contributed by atoms with Gasteiger partial charge in [-0.05, 0) is 35.7 Å². The van der Waals surface area contributed by atoms with Gasteiger partial charge in [-0.15, -0.1) is 0 Å². The lowest BCUT2D eigenvalue weighted by molar-refractivity contribution is 0.0946. The van der Waals surface area contributed by atoms with Gasteiger partial charge in [0.15, 0.2) is 0 Å². The van der Waals surface area contributed by atoms with E-state index in [1.165, 1.54) is 5.56 Å². The normalized spacial score (nSPS) is 10.5. The zero-order chi connectivity index (χ0) is 17.6. The number of aromatic amines is 1. The van der Waals surface area contributed by atoms with Crippen molar-refractivity contribution in [2.24, 2.45) is 0 Å². The van der Waals surface area contributed by atoms with Gasteiger partial charge in [0, 0.05) is 12.1 Å². The molecule has 0 fully saturated rings. The fourth-order valence-corrected chi connectivity index (χ4v) is 2.52. The lowest BCUT2D eigenvalue weighted by Crippen LogP contribution is -2.23. The molecule has 0 aliphatic heterocycles. The highest BCUT2D eigenvalue weighted by Crippen LogP contribution is 2.18. The Balaban J connectivity index is 1.63. The fraction of sp³-hybridized carbons (Fsp3) is 0.200. The first-order valence-electron chi connectivity index (χ1n) is 8.25. The summed E-state index contributed by atoms with van der Waals surface area (Å²) in [5, 5.41) is 9.93. The van der Waals surface area contributed by atoms with E-state index in [1.807, 2.05) is 36.4 Å². The molecule has 3 aromatic rings. The number of amides is 1. The van der Waals surface area contributed by atoms with Gasteiger partial charge in [0.2, 0.25) is 0 Å². The quantitative estimate of drug-likeness (QED) is 0.723. The highest BCUT2D eigenvalue weighted by Gasteiger charge is 2.11. The number of benzene rings is 2. The third kappa shape index (κ3) is 4.07. The van der Waals surface area contributed by atoms with Crippen molar-refractivity contribution in [3.8, 4) is 17.0 Å². The van der Waals surface area contributed by atoms with Crippen molar-refractivity contribution in [3.05, 3.63) is 71.4 Å². The van der Waals surface area contributed by atoms with E-state index in [2.05, 4.69) is 34.6 Å². The van der Waals surface area contributed by atoms with Crippen LogP contribution in [0.2, 0.25) is 0 Å². The van der Waals surface area contributed by atoms with E-state index in [0.717, 1.165) is 29.0 Å². The van der Waals surface area contributed by atoms with Crippen LogP contribution >= 0.6 is 0 Å². The summed E-state index contributed by atoms with van der Waals surface area (Å²) in [6.45, 7) is 2.57. The minimum Gasteiger partial charge on any atom is -0.497 e. The number of H-pyrrole nitrogens is 1. The number of nitrogens with one attached hydrogen (secondary N) is 2. The van der Waals surface area contributed by atoms with E-state index < -0.39 is 0 Å². The third-order valence-corrected chi connectivity index (χ3v) is 4.09. The minimum atomic E-state index is -0.181. The standard InChI is InChI=1S/C20H21N3O2/c1-3-14-4-8-16(9-5-14)18-12-19(23-22-18)20(24)21-13-15-6-10-17(25-2)11-7-15/h4-12H,3,13H2,1-2H3,(H,21,24)(H,22,23). The third-order valence-electron chi connectivity index (χ3n) is 4.09. The molecule has 5 heteroatoms. The largest absolute Gasteiger partial charge is 0.497 e. The van der Waals surface area contributed by atoms with Crippen molar-refractivity contribution in [1.29, 1.82) is 0 Å². The molecule has 0 aliphatic rings. The maximum absolute atomic E-state index is 12.3. The number of methoxy groups -OCH3 is 1. The van der Waals surface area contributed by atoms with Crippen molar-refractivity contribution < 1.29 is 9.53 Å². The summed E-state index contributed by atoms with van der Waals surface area (Å²) in [4.78, 5) is 12.3. The molecule has 0 saturated carbocycles. The van der Waals surface area contributed by atoms with Crippen LogP contribution in [0.5, 0.6) is 5.75 Å². The van der Waals surface area contributed by atoms with Gasteiger partial charge in [-0.2, -0.15) is 5.10 Å². The number of aryl methyl sites for hydroxylation is 1. The molecular formula is C20H21N3O2. The summed E-state index contributed by atoms with van der Waals surface area (Å²) in [5.41, 5.74) is 4.48. The molecular weight excluding hydrogens is 314 g/mol. The van der Waals surface area contributed by atoms with E-state index in [-0.39, 0.29) is 5.91 Å². The highest BCUT2D eigenvalue weighted by molar-refractivity contribution is 5.93. The number of nitrogens with zero attached hydrogens (tertiary/aromatic N) is 1. The van der Waals surface area contributed by atoms with Crippen LogP contribution in [0.3, 0.4) is 0 Å². The van der Waals surface area contributed by atoms with Gasteiger partial charge < -0.3 is 10.1 Å². The van der Waals surface area contributed by atoms with Crippen molar-refractivity contribution >= 4 is 5.91 Å². The van der Waals surface area contributed by atoms with Crippen molar-refractivity contribution in [3.63, 3.8) is 0 Å². The highest BCUT2D eigenvalue weighted by atomic mass is 16.5. The van der Waals surface area contributed by atoms with Gasteiger partial charge in [-0.1, -0.05) is 43.3 Å². The molecule has 0 radical (unpaired) electrons. The molecule has 2 N–H and O–H groups in total. The van der Waals surface area contributed by atoms with E-state index in [4.69, 9.17) is 4.74 Å². The van der Waals surface area contributed by atoms with Gasteiger partial charge in [0.05, 0.1) is 12.8 Å². The molecule has 2 aromatic carbocycles. The molecule has 0 unspecified atom stereocenters. The Morgan fingerprint density at radius 2 is 1.76 bits per heavy atom. The summed E-state index contributed by atoms with van der Waals surface area (Å²) < 4.78 is 5.12. The molecule has 25 heavy (non-hydrogen) atoms. The predicted octanol–water partition coefficient (Wildman–Crippen LogP) is 3.58. The van der Waals surface area contributed by atoms with Crippen LogP contribution in [0.4, 0.5) is 0 Å². The summed E-state index contributed by atoms with van der Waals surface area (Å²) in [7, 11) is 1.63. The van der Waals surface area contributed by atoms with Crippen LogP contribution in [0.25, 0.3) is 11.3 Å². The van der Waals surface area contributed by atoms with E-state index in [9.17, 15) is 4.79 Å². The second-order valence-corrected chi connectivity index (χ2v) is 5.75. The first-order chi connectivity index (χ1) is 12.2. The van der Waals surface area contributed by atoms with Crippen molar-refractivity contribution in [2.75, 3.05) is 7.11 Å². The van der Waals surface area contributed by atoms with Gasteiger partial charge in [-0.25, -0.2) is 0 Å². The summed E-state index contributed by atoms with van der Waals surface area (Å²) in [6.07, 6.45) is 1.000. The smallest absolute Gasteiger partial charge is 0.269 e. The monoisotopic (exact) mass is 335 g/mol. The molecule has 1 heterocycles. The second kappa shape index (κ2) is 7.66. The Morgan fingerprint density at radius 3 is 2.40 bits per heavy atom. The topological polar surface area (TPSA) is 67.0 Å². The van der Waals surface area contributed by atoms with Crippen LogP contribution in [0.15, 0.2) is 54.6 Å². The Morgan fingerprint density at radius 1 is 1.08 bits per heavy atom. The Hall–Kier alpha value is -3.08. The minimum absolute atomic E-state index is 0.181. The maximum atomic E-state index is 12.3. The molecule has 0 bridgehead atoms. The summed E-state index contributed by atoms with van der Waals surface area (Å²) in [6, 6.07) is 17.6. The molecule has 1 amide bonds. The maximum Gasteiger partial charge on any atom is 0.269 e. The van der Waals surface area contributed by atoms with Gasteiger partial charge >= 0.3 is 0 Å². The molecule has 0 atom stereocenters. The number of rotatable bonds is 6. The van der Waals surface area contributed by atoms with Crippen molar-refractivity contribution in [1.82, 2.24) is 15.5 Å². The number of hydrogen-bond donors (Lipinski definition) is 2. The van der Waals surface area contributed by atoms with E-state index >= 15 is 0 Å². The number of ether oxygens (including phenoxy) is 1. The van der Waals surface area contributed by atoms with E-state index in [1.54, 1.807) is 13.2 Å². The molecule has 128 valence electrons. The van der Waals surface area contributed by atoms with E-state index in [0.29, 0.717) is 12.2 Å². The van der Waals surface area contributed by atoms with Crippen LogP contribution in [-0.2, 0) is 13.0 Å². The summed E-state index contributed by atoms with van der Waals surface area (Å²) in [5.74, 6) is 0.613. The lowest BCUT2D eigenvalue weighted by Gasteiger charge is -2.05. The average Bonchev–Trinajstić information content (AvgIpc) is 3.17. The molecule has 0 aliphatic carbocycles. The average molecular weight is 335 g/mol. The van der Waals surface area contributed by atoms with Crippen molar-refractivity contribution in [2.45, 2.75) is 19.9 Å². The summed E-state index contributed by atoms with van der Waals surface area (Å²) >= 11 is 0. The zero-order valence-electron chi connectivity index (χ0n) is 14.4. The zero-order valence-corrected chi connectivity index (χ0v) is 14.4. The molecule has 0 saturated heterocycles.